The fraction of sp³-hybridized carbons (Fsp3) is 0.609. The third-order valence-electron chi connectivity index (χ3n) is 6.67. The molecule has 1 heterocycles. The molecule has 0 spiro atoms. The maximum absolute atomic E-state index is 12.8. The molecule has 0 bridgehead atoms. The summed E-state index contributed by atoms with van der Waals surface area (Å²) in [5.74, 6) is 0.117. The van der Waals surface area contributed by atoms with Gasteiger partial charge in [0.05, 0.1) is 15.9 Å². The monoisotopic (exact) mass is 432 g/mol. The fourth-order valence-corrected chi connectivity index (χ4v) is 4.66. The van der Waals surface area contributed by atoms with Crippen molar-refractivity contribution < 1.29 is 14.1 Å². The largest absolute Gasteiger partial charge is 0.417 e. The van der Waals surface area contributed by atoms with Crippen LogP contribution in [0.15, 0.2) is 30.3 Å². The van der Waals surface area contributed by atoms with Crippen LogP contribution in [-0.4, -0.2) is 32.3 Å². The summed E-state index contributed by atoms with van der Waals surface area (Å²) in [6.07, 6.45) is 7.69. The van der Waals surface area contributed by atoms with Crippen LogP contribution < -0.4 is 5.32 Å². The summed E-state index contributed by atoms with van der Waals surface area (Å²) in [4.78, 5) is 23.6. The molecule has 0 saturated carbocycles. The SMILES string of the molecule is CC(C)(C)[Si](C)(C)OCCC1(CC/C=C\c2ccccc2[N+](=O)[O-])CCCNC1=O. The van der Waals surface area contributed by atoms with Crippen molar-refractivity contribution in [2.45, 2.75) is 71.0 Å². The van der Waals surface area contributed by atoms with E-state index in [4.69, 9.17) is 4.43 Å². The summed E-state index contributed by atoms with van der Waals surface area (Å²) < 4.78 is 6.35. The molecule has 7 heteroatoms. The average Bonchev–Trinajstić information content (AvgIpc) is 2.66. The Kier molecular flexibility index (Phi) is 7.99. The minimum absolute atomic E-state index is 0.0987. The van der Waals surface area contributed by atoms with Crippen molar-refractivity contribution in [3.05, 3.63) is 46.0 Å². The molecule has 1 atom stereocenters. The summed E-state index contributed by atoms with van der Waals surface area (Å²) in [6.45, 7) is 12.4. The van der Waals surface area contributed by atoms with Gasteiger partial charge in [-0.3, -0.25) is 14.9 Å². The number of hydrogen-bond acceptors (Lipinski definition) is 4. The van der Waals surface area contributed by atoms with Crippen LogP contribution in [-0.2, 0) is 9.22 Å². The third-order valence-corrected chi connectivity index (χ3v) is 11.2. The fourth-order valence-electron chi connectivity index (χ4n) is 3.61. The predicted molar refractivity (Wildman–Crippen MR) is 124 cm³/mol. The lowest BCUT2D eigenvalue weighted by atomic mass is 9.73. The number of rotatable bonds is 9. The lowest BCUT2D eigenvalue weighted by Crippen LogP contribution is -2.47. The lowest BCUT2D eigenvalue weighted by Gasteiger charge is -2.39. The number of allylic oxidation sites excluding steroid dienone is 1. The van der Waals surface area contributed by atoms with Gasteiger partial charge in [-0.2, -0.15) is 0 Å². The number of piperidine rings is 1. The molecule has 1 N–H and O–H groups in total. The first-order chi connectivity index (χ1) is 14.0. The van der Waals surface area contributed by atoms with Crippen molar-refractivity contribution in [1.82, 2.24) is 5.32 Å². The second-order valence-corrected chi connectivity index (χ2v) is 14.6. The van der Waals surface area contributed by atoms with Gasteiger partial charge >= 0.3 is 0 Å². The second kappa shape index (κ2) is 9.88. The molecule has 166 valence electrons. The third kappa shape index (κ3) is 6.01. The topological polar surface area (TPSA) is 81.5 Å². The number of nitro benzene ring substituents is 1. The van der Waals surface area contributed by atoms with Crippen LogP contribution in [0.3, 0.4) is 0 Å². The number of carbonyl (C=O) groups is 1. The molecule has 6 nitrogen and oxygen atoms in total. The molecule has 1 unspecified atom stereocenters. The number of carbonyl (C=O) groups excluding carboxylic acids is 1. The Balaban J connectivity index is 2.04. The molecule has 1 fully saturated rings. The van der Waals surface area contributed by atoms with Crippen molar-refractivity contribution >= 4 is 26.0 Å². The first-order valence-electron chi connectivity index (χ1n) is 10.8. The van der Waals surface area contributed by atoms with Crippen LogP contribution >= 0.6 is 0 Å². The minimum Gasteiger partial charge on any atom is -0.417 e. The van der Waals surface area contributed by atoms with Crippen molar-refractivity contribution in [2.24, 2.45) is 5.41 Å². The first-order valence-corrected chi connectivity index (χ1v) is 13.7. The number of nitrogens with zero attached hydrogens (tertiary/aromatic N) is 1. The number of hydrogen-bond donors (Lipinski definition) is 1. The summed E-state index contributed by atoms with van der Waals surface area (Å²) in [5.41, 5.74) is 0.265. The Bertz CT molecular complexity index is 786. The average molecular weight is 433 g/mol. The predicted octanol–water partition coefficient (Wildman–Crippen LogP) is 5.70. The number of nitrogens with one attached hydrogen (secondary N) is 1. The normalized spacial score (nSPS) is 20.4. The van der Waals surface area contributed by atoms with Crippen molar-refractivity contribution in [1.29, 1.82) is 0 Å². The van der Waals surface area contributed by atoms with Gasteiger partial charge in [-0.05, 0) is 56.3 Å². The zero-order valence-electron chi connectivity index (χ0n) is 19.0. The Hall–Kier alpha value is -1.99. The van der Waals surface area contributed by atoms with Gasteiger partial charge in [0.2, 0.25) is 5.91 Å². The van der Waals surface area contributed by atoms with Gasteiger partial charge in [0.1, 0.15) is 0 Å². The van der Waals surface area contributed by atoms with E-state index in [0.29, 0.717) is 25.0 Å². The standard InChI is InChI=1S/C23H36N2O4Si/c1-22(2,3)30(4,5)29-18-16-23(15-10-17-24-21(23)26)14-9-8-12-19-11-6-7-13-20(19)25(27)28/h6-8,11-13H,9-10,14-18H2,1-5H3,(H,24,26)/b12-8-. The van der Waals surface area contributed by atoms with Gasteiger partial charge in [-0.1, -0.05) is 45.1 Å². The Morgan fingerprint density at radius 1 is 1.27 bits per heavy atom. The highest BCUT2D eigenvalue weighted by Gasteiger charge is 2.41. The smallest absolute Gasteiger partial charge is 0.276 e. The van der Waals surface area contributed by atoms with E-state index in [0.717, 1.165) is 25.8 Å². The second-order valence-electron chi connectivity index (χ2n) is 9.76. The molecule has 1 aromatic rings. The Morgan fingerprint density at radius 2 is 1.97 bits per heavy atom. The number of benzene rings is 1. The number of amides is 1. The number of nitro groups is 1. The van der Waals surface area contributed by atoms with E-state index in [2.05, 4.69) is 39.2 Å². The van der Waals surface area contributed by atoms with Gasteiger partial charge in [-0.25, -0.2) is 0 Å². The van der Waals surface area contributed by atoms with Crippen LogP contribution in [0.2, 0.25) is 18.1 Å². The van der Waals surface area contributed by atoms with Crippen LogP contribution in [0.25, 0.3) is 6.08 Å². The van der Waals surface area contributed by atoms with Crippen molar-refractivity contribution in [3.8, 4) is 0 Å². The quantitative estimate of drug-likeness (QED) is 0.308. The van der Waals surface area contributed by atoms with Crippen molar-refractivity contribution in [3.63, 3.8) is 0 Å². The highest BCUT2D eigenvalue weighted by Crippen LogP contribution is 2.40. The van der Waals surface area contributed by atoms with Gasteiger partial charge in [0.25, 0.3) is 5.69 Å². The Morgan fingerprint density at radius 3 is 2.60 bits per heavy atom. The highest BCUT2D eigenvalue weighted by molar-refractivity contribution is 6.74. The molecule has 2 rings (SSSR count). The molecular weight excluding hydrogens is 396 g/mol. The van der Waals surface area contributed by atoms with Crippen LogP contribution in [0, 0.1) is 15.5 Å². The zero-order valence-corrected chi connectivity index (χ0v) is 20.0. The molecule has 0 radical (unpaired) electrons. The van der Waals surface area contributed by atoms with E-state index < -0.39 is 13.7 Å². The molecule has 1 aromatic carbocycles. The van der Waals surface area contributed by atoms with Crippen LogP contribution in [0.5, 0.6) is 0 Å². The molecule has 30 heavy (non-hydrogen) atoms. The lowest BCUT2D eigenvalue weighted by molar-refractivity contribution is -0.385. The van der Waals surface area contributed by atoms with Gasteiger partial charge in [0.15, 0.2) is 8.32 Å². The summed E-state index contributed by atoms with van der Waals surface area (Å²) >= 11 is 0. The highest BCUT2D eigenvalue weighted by atomic mass is 28.4. The van der Waals surface area contributed by atoms with Gasteiger partial charge in [0, 0.05) is 19.2 Å². The first kappa shape index (κ1) is 24.3. The molecular formula is C23H36N2O4Si. The summed E-state index contributed by atoms with van der Waals surface area (Å²) in [7, 11) is -1.85. The van der Waals surface area contributed by atoms with E-state index in [1.54, 1.807) is 24.3 Å². The van der Waals surface area contributed by atoms with E-state index in [1.165, 1.54) is 6.07 Å². The van der Waals surface area contributed by atoms with Crippen molar-refractivity contribution in [2.75, 3.05) is 13.2 Å². The van der Waals surface area contributed by atoms with E-state index >= 15 is 0 Å². The van der Waals surface area contributed by atoms with E-state index in [9.17, 15) is 14.9 Å². The molecule has 0 aliphatic carbocycles. The maximum Gasteiger partial charge on any atom is 0.276 e. The van der Waals surface area contributed by atoms with Crippen LogP contribution in [0.4, 0.5) is 5.69 Å². The van der Waals surface area contributed by atoms with E-state index in [-0.39, 0.29) is 21.6 Å². The zero-order chi connectivity index (χ0) is 22.4. The van der Waals surface area contributed by atoms with E-state index in [1.807, 2.05) is 6.08 Å². The summed E-state index contributed by atoms with van der Waals surface area (Å²) in [6, 6.07) is 6.71. The molecule has 1 aliphatic rings. The number of para-hydroxylation sites is 1. The van der Waals surface area contributed by atoms with Crippen LogP contribution in [0.1, 0.15) is 58.4 Å². The van der Waals surface area contributed by atoms with Gasteiger partial charge < -0.3 is 9.74 Å². The molecule has 1 aliphatic heterocycles. The molecule has 1 amide bonds. The molecule has 0 aromatic heterocycles. The Labute approximate surface area is 181 Å². The molecule has 1 saturated heterocycles. The summed E-state index contributed by atoms with van der Waals surface area (Å²) in [5, 5.41) is 14.4. The van der Waals surface area contributed by atoms with Gasteiger partial charge in [-0.15, -0.1) is 0 Å². The maximum atomic E-state index is 12.8. The minimum atomic E-state index is -1.85.